The number of carbonyl (C=O) groups is 2. The molecule has 0 spiro atoms. The number of rotatable bonds is 5. The Morgan fingerprint density at radius 2 is 1.62 bits per heavy atom. The van der Waals surface area contributed by atoms with E-state index >= 15 is 0 Å². The van der Waals surface area contributed by atoms with Gasteiger partial charge < -0.3 is 20.1 Å². The Morgan fingerprint density at radius 1 is 0.882 bits per heavy atom. The van der Waals surface area contributed by atoms with Gasteiger partial charge in [-0.2, -0.15) is 13.2 Å². The third kappa shape index (κ3) is 5.28. The van der Waals surface area contributed by atoms with Crippen molar-refractivity contribution in [2.75, 3.05) is 23.8 Å². The van der Waals surface area contributed by atoms with Crippen molar-refractivity contribution in [1.29, 1.82) is 0 Å². The highest BCUT2D eigenvalue weighted by molar-refractivity contribution is 6.04. The van der Waals surface area contributed by atoms with Crippen LogP contribution in [0.15, 0.2) is 60.7 Å². The van der Waals surface area contributed by atoms with Crippen molar-refractivity contribution in [3.05, 3.63) is 83.2 Å². The number of halogens is 4. The number of hydrogen-bond acceptors (Lipinski definition) is 4. The van der Waals surface area contributed by atoms with Crippen LogP contribution in [0.5, 0.6) is 11.5 Å². The van der Waals surface area contributed by atoms with E-state index < -0.39 is 35.1 Å². The van der Waals surface area contributed by atoms with E-state index in [0.29, 0.717) is 36.3 Å². The van der Waals surface area contributed by atoms with Gasteiger partial charge in [0.15, 0.2) is 11.5 Å². The second kappa shape index (κ2) is 9.42. The highest BCUT2D eigenvalue weighted by Crippen LogP contribution is 2.37. The van der Waals surface area contributed by atoms with E-state index in [9.17, 15) is 27.2 Å². The zero-order valence-corrected chi connectivity index (χ0v) is 17.5. The number of amides is 2. The van der Waals surface area contributed by atoms with Crippen LogP contribution in [0.25, 0.3) is 0 Å². The Morgan fingerprint density at radius 3 is 2.35 bits per heavy atom. The van der Waals surface area contributed by atoms with E-state index in [1.54, 1.807) is 18.2 Å². The van der Waals surface area contributed by atoms with Crippen molar-refractivity contribution < 1.29 is 36.6 Å². The number of anilines is 2. The van der Waals surface area contributed by atoms with Crippen molar-refractivity contribution in [3.8, 4) is 11.5 Å². The van der Waals surface area contributed by atoms with Crippen LogP contribution >= 0.6 is 0 Å². The molecule has 4 rings (SSSR count). The largest absolute Gasteiger partial charge is 0.486 e. The number of fused-ring (bicyclic) bond motifs is 1. The third-order valence-corrected chi connectivity index (χ3v) is 4.95. The van der Waals surface area contributed by atoms with Crippen LogP contribution < -0.4 is 20.1 Å². The van der Waals surface area contributed by atoms with Gasteiger partial charge in [-0.25, -0.2) is 4.39 Å². The first kappa shape index (κ1) is 23.1. The topological polar surface area (TPSA) is 76.7 Å². The summed E-state index contributed by atoms with van der Waals surface area (Å²) in [7, 11) is 0. The fourth-order valence-corrected chi connectivity index (χ4v) is 3.39. The lowest BCUT2D eigenvalue weighted by Crippen LogP contribution is -2.20. The molecule has 10 heteroatoms. The Hall–Kier alpha value is -4.08. The molecule has 2 amide bonds. The Bertz CT molecular complexity index is 1240. The van der Waals surface area contributed by atoms with E-state index in [-0.39, 0.29) is 17.7 Å². The van der Waals surface area contributed by atoms with E-state index in [1.165, 1.54) is 24.3 Å². The van der Waals surface area contributed by atoms with Crippen molar-refractivity contribution >= 4 is 23.2 Å². The third-order valence-electron chi connectivity index (χ3n) is 4.95. The first-order chi connectivity index (χ1) is 16.2. The lowest BCUT2D eigenvalue weighted by atomic mass is 10.1. The molecular formula is C24H18F4N2O4. The first-order valence-corrected chi connectivity index (χ1v) is 10.2. The summed E-state index contributed by atoms with van der Waals surface area (Å²) in [6.45, 7) is 0.765. The molecule has 6 nitrogen and oxygen atoms in total. The van der Waals surface area contributed by atoms with E-state index in [1.807, 2.05) is 0 Å². The Kier molecular flexibility index (Phi) is 6.40. The van der Waals surface area contributed by atoms with Gasteiger partial charge in [-0.05, 0) is 48.0 Å². The average Bonchev–Trinajstić information content (AvgIpc) is 2.79. The van der Waals surface area contributed by atoms with Crippen molar-refractivity contribution in [2.45, 2.75) is 12.6 Å². The molecular weight excluding hydrogens is 456 g/mol. The summed E-state index contributed by atoms with van der Waals surface area (Å²) in [6, 6.07) is 12.8. The standard InChI is InChI=1S/C24H18F4N2O4/c25-18-4-2-1-3-16(18)23(32)29-15-6-7-19(17(13-15)24(26,27)28)30-22(31)12-14-5-8-20-21(11-14)34-10-9-33-20/h1-8,11,13H,9-10,12H2,(H,29,32)(H,30,31). The molecule has 3 aromatic rings. The van der Waals surface area contributed by atoms with Crippen molar-refractivity contribution in [3.63, 3.8) is 0 Å². The van der Waals surface area contributed by atoms with Crippen molar-refractivity contribution in [2.24, 2.45) is 0 Å². The van der Waals surface area contributed by atoms with Gasteiger partial charge in [0.05, 0.1) is 23.2 Å². The zero-order valence-electron chi connectivity index (χ0n) is 17.5. The molecule has 0 fully saturated rings. The summed E-state index contributed by atoms with van der Waals surface area (Å²) in [4.78, 5) is 24.7. The molecule has 0 atom stereocenters. The average molecular weight is 474 g/mol. The lowest BCUT2D eigenvalue weighted by Gasteiger charge is -2.19. The lowest BCUT2D eigenvalue weighted by molar-refractivity contribution is -0.136. The molecule has 176 valence electrons. The highest BCUT2D eigenvalue weighted by atomic mass is 19.4. The van der Waals surface area contributed by atoms with Gasteiger partial charge in [-0.15, -0.1) is 0 Å². The minimum atomic E-state index is -4.82. The molecule has 0 bridgehead atoms. The molecule has 0 unspecified atom stereocenters. The van der Waals surface area contributed by atoms with Gasteiger partial charge in [0.2, 0.25) is 5.91 Å². The van der Waals surface area contributed by atoms with Gasteiger partial charge in [-0.1, -0.05) is 18.2 Å². The maximum atomic E-state index is 13.8. The molecule has 0 saturated heterocycles. The van der Waals surface area contributed by atoms with Crippen LogP contribution in [0.2, 0.25) is 0 Å². The molecule has 0 aliphatic carbocycles. The fraction of sp³-hybridized carbons (Fsp3) is 0.167. The molecule has 0 aromatic heterocycles. The summed E-state index contributed by atoms with van der Waals surface area (Å²) in [5.74, 6) is -1.39. The SMILES string of the molecule is O=C(Cc1ccc2c(c1)OCCO2)Nc1ccc(NC(=O)c2ccccc2F)cc1C(F)(F)F. The molecule has 0 radical (unpaired) electrons. The quantitative estimate of drug-likeness (QED) is 0.508. The number of carbonyl (C=O) groups excluding carboxylic acids is 2. The summed E-state index contributed by atoms with van der Waals surface area (Å²) in [5.41, 5.74) is -1.62. The number of nitrogens with one attached hydrogen (secondary N) is 2. The number of benzene rings is 3. The molecule has 34 heavy (non-hydrogen) atoms. The van der Waals surface area contributed by atoms with E-state index in [2.05, 4.69) is 10.6 Å². The van der Waals surface area contributed by atoms with Crippen LogP contribution in [0, 0.1) is 5.82 Å². The van der Waals surface area contributed by atoms with E-state index in [0.717, 1.165) is 12.1 Å². The smallest absolute Gasteiger partial charge is 0.418 e. The van der Waals surface area contributed by atoms with Gasteiger partial charge in [-0.3, -0.25) is 9.59 Å². The zero-order chi connectivity index (χ0) is 24.3. The Balaban J connectivity index is 1.50. The predicted octanol–water partition coefficient (Wildman–Crippen LogP) is 5.05. The highest BCUT2D eigenvalue weighted by Gasteiger charge is 2.34. The number of hydrogen-bond donors (Lipinski definition) is 2. The van der Waals surface area contributed by atoms with Crippen LogP contribution in [0.4, 0.5) is 28.9 Å². The summed E-state index contributed by atoms with van der Waals surface area (Å²) in [5, 5.41) is 4.51. The number of ether oxygens (including phenoxy) is 2. The predicted molar refractivity (Wildman–Crippen MR) is 116 cm³/mol. The summed E-state index contributed by atoms with van der Waals surface area (Å²) in [6.07, 6.45) is -5.02. The van der Waals surface area contributed by atoms with Crippen LogP contribution in [0.3, 0.4) is 0 Å². The monoisotopic (exact) mass is 474 g/mol. The van der Waals surface area contributed by atoms with Crippen LogP contribution in [0.1, 0.15) is 21.5 Å². The minimum Gasteiger partial charge on any atom is -0.486 e. The van der Waals surface area contributed by atoms with Gasteiger partial charge in [0.1, 0.15) is 19.0 Å². The fourth-order valence-electron chi connectivity index (χ4n) is 3.39. The van der Waals surface area contributed by atoms with Crippen molar-refractivity contribution in [1.82, 2.24) is 0 Å². The molecule has 1 aliphatic rings. The van der Waals surface area contributed by atoms with Crippen LogP contribution in [-0.2, 0) is 17.4 Å². The molecule has 2 N–H and O–H groups in total. The van der Waals surface area contributed by atoms with Gasteiger partial charge >= 0.3 is 6.18 Å². The second-order valence-corrected chi connectivity index (χ2v) is 7.40. The normalized spacial score (nSPS) is 12.7. The van der Waals surface area contributed by atoms with Gasteiger partial charge in [0, 0.05) is 5.69 Å². The maximum absolute atomic E-state index is 13.8. The molecule has 1 heterocycles. The van der Waals surface area contributed by atoms with Crippen LogP contribution in [-0.4, -0.2) is 25.0 Å². The molecule has 1 aliphatic heterocycles. The minimum absolute atomic E-state index is 0.195. The first-order valence-electron chi connectivity index (χ1n) is 10.2. The van der Waals surface area contributed by atoms with E-state index in [4.69, 9.17) is 9.47 Å². The molecule has 0 saturated carbocycles. The Labute approximate surface area is 191 Å². The summed E-state index contributed by atoms with van der Waals surface area (Å²) >= 11 is 0. The second-order valence-electron chi connectivity index (χ2n) is 7.40. The number of alkyl halides is 3. The summed E-state index contributed by atoms with van der Waals surface area (Å²) < 4.78 is 65.6. The molecule has 3 aromatic carbocycles. The van der Waals surface area contributed by atoms with Gasteiger partial charge in [0.25, 0.3) is 5.91 Å². The maximum Gasteiger partial charge on any atom is 0.418 e.